The van der Waals surface area contributed by atoms with Crippen LogP contribution < -0.4 is 10.6 Å². The van der Waals surface area contributed by atoms with Crippen LogP contribution in [0.25, 0.3) is 0 Å². The van der Waals surface area contributed by atoms with Crippen molar-refractivity contribution in [2.24, 2.45) is 0 Å². The van der Waals surface area contributed by atoms with Gasteiger partial charge >= 0.3 is 0 Å². The lowest BCUT2D eigenvalue weighted by molar-refractivity contribution is -0.130. The van der Waals surface area contributed by atoms with Crippen LogP contribution in [-0.4, -0.2) is 40.5 Å². The molecule has 2 aromatic rings. The molecule has 29 heavy (non-hydrogen) atoms. The molecule has 0 spiro atoms. The molecule has 2 aliphatic heterocycles. The molecule has 2 heterocycles. The Kier molecular flexibility index (Phi) is 5.32. The Morgan fingerprint density at radius 2 is 1.72 bits per heavy atom. The summed E-state index contributed by atoms with van der Waals surface area (Å²) in [5.74, 6) is -0.152. The highest BCUT2D eigenvalue weighted by Gasteiger charge is 2.48. The van der Waals surface area contributed by atoms with Crippen molar-refractivity contribution in [3.8, 4) is 0 Å². The van der Waals surface area contributed by atoms with Crippen LogP contribution in [0, 0.1) is 0 Å². The molecule has 1 fully saturated rings. The molecule has 0 radical (unpaired) electrons. The van der Waals surface area contributed by atoms with Gasteiger partial charge in [0.1, 0.15) is 17.5 Å². The molecule has 0 saturated carbocycles. The number of nitrogens with zero attached hydrogens (tertiary/aromatic N) is 1. The first-order valence-corrected chi connectivity index (χ1v) is 10.7. The number of thioether (sulfide) groups is 1. The third-order valence-corrected chi connectivity index (χ3v) is 6.71. The van der Waals surface area contributed by atoms with Crippen LogP contribution >= 0.6 is 11.8 Å². The number of hydrogen-bond acceptors (Lipinski definition) is 4. The van der Waals surface area contributed by atoms with E-state index in [1.54, 1.807) is 29.7 Å². The minimum Gasteiger partial charge on any atom is -0.348 e. The molecule has 6 nitrogen and oxygen atoms in total. The molecule has 2 aromatic carbocycles. The Morgan fingerprint density at radius 1 is 1.03 bits per heavy atom. The second-order valence-corrected chi connectivity index (χ2v) is 8.49. The van der Waals surface area contributed by atoms with Gasteiger partial charge < -0.3 is 15.5 Å². The van der Waals surface area contributed by atoms with E-state index >= 15 is 0 Å². The fourth-order valence-electron chi connectivity index (χ4n) is 3.78. The number of carbonyl (C=O) groups excluding carboxylic acids is 3. The summed E-state index contributed by atoms with van der Waals surface area (Å²) in [5.41, 5.74) is 2.61. The second kappa shape index (κ2) is 7.91. The molecule has 7 heteroatoms. The molecule has 1 saturated heterocycles. The summed E-state index contributed by atoms with van der Waals surface area (Å²) in [6.45, 7) is 3.56. The van der Waals surface area contributed by atoms with E-state index in [0.29, 0.717) is 11.3 Å². The standard InChI is InChI=1S/C22H23N3O3S/c1-13(15-8-4-3-5-9-15)23-19(26)14(2)24-20(27)18-12-29-22-17-11-7-6-10-16(17)21(28)25(18)22/h3-11,13-14,18,22H,12H2,1-2H3,(H,23,26)(H,24,27)/t13-,14+,18+,22+/m1/s1. The smallest absolute Gasteiger partial charge is 0.256 e. The Bertz CT molecular complexity index is 949. The van der Waals surface area contributed by atoms with Crippen LogP contribution in [0.1, 0.15) is 46.7 Å². The molecule has 150 valence electrons. The van der Waals surface area contributed by atoms with Crippen LogP contribution in [0.3, 0.4) is 0 Å². The van der Waals surface area contributed by atoms with Gasteiger partial charge in [0.05, 0.1) is 6.04 Å². The molecule has 0 aliphatic carbocycles. The summed E-state index contributed by atoms with van der Waals surface area (Å²) in [5, 5.41) is 5.57. The van der Waals surface area contributed by atoms with Crippen molar-refractivity contribution < 1.29 is 14.4 Å². The molecule has 3 amide bonds. The molecule has 4 rings (SSSR count). The normalized spacial score (nSPS) is 21.9. The van der Waals surface area contributed by atoms with Gasteiger partial charge in [0, 0.05) is 11.3 Å². The summed E-state index contributed by atoms with van der Waals surface area (Å²) < 4.78 is 0. The number of hydrogen-bond donors (Lipinski definition) is 2. The Morgan fingerprint density at radius 3 is 2.48 bits per heavy atom. The maximum absolute atomic E-state index is 12.9. The first kappa shape index (κ1) is 19.5. The van der Waals surface area contributed by atoms with E-state index in [9.17, 15) is 14.4 Å². The van der Waals surface area contributed by atoms with Gasteiger partial charge in [-0.05, 0) is 31.0 Å². The Labute approximate surface area is 174 Å². The maximum atomic E-state index is 12.9. The van der Waals surface area contributed by atoms with E-state index in [4.69, 9.17) is 0 Å². The highest BCUT2D eigenvalue weighted by molar-refractivity contribution is 7.99. The zero-order valence-corrected chi connectivity index (χ0v) is 17.1. The van der Waals surface area contributed by atoms with E-state index in [-0.39, 0.29) is 29.1 Å². The van der Waals surface area contributed by atoms with Crippen LogP contribution in [0.5, 0.6) is 0 Å². The number of nitrogens with one attached hydrogen (secondary N) is 2. The third-order valence-electron chi connectivity index (χ3n) is 5.41. The molecule has 0 unspecified atom stereocenters. The second-order valence-electron chi connectivity index (χ2n) is 7.37. The SMILES string of the molecule is C[C@H](NC(=O)[C@@H]1CS[C@H]2c3ccccc3C(=O)N12)C(=O)N[C@H](C)c1ccccc1. The highest BCUT2D eigenvalue weighted by atomic mass is 32.2. The fourth-order valence-corrected chi connectivity index (χ4v) is 5.25. The van der Waals surface area contributed by atoms with E-state index in [1.807, 2.05) is 55.5 Å². The number of fused-ring (bicyclic) bond motifs is 3. The van der Waals surface area contributed by atoms with E-state index in [1.165, 1.54) is 0 Å². The minimum atomic E-state index is -0.696. The predicted molar refractivity (Wildman–Crippen MR) is 112 cm³/mol. The summed E-state index contributed by atoms with van der Waals surface area (Å²) >= 11 is 1.58. The quantitative estimate of drug-likeness (QED) is 0.796. The van der Waals surface area contributed by atoms with Gasteiger partial charge in [-0.15, -0.1) is 11.8 Å². The molecule has 2 N–H and O–H groups in total. The van der Waals surface area contributed by atoms with Crippen LogP contribution in [-0.2, 0) is 9.59 Å². The lowest BCUT2D eigenvalue weighted by Gasteiger charge is -2.25. The maximum Gasteiger partial charge on any atom is 0.256 e. The average molecular weight is 410 g/mol. The van der Waals surface area contributed by atoms with Crippen LogP contribution in [0.15, 0.2) is 54.6 Å². The van der Waals surface area contributed by atoms with Gasteiger partial charge in [0.15, 0.2) is 0 Å². The van der Waals surface area contributed by atoms with E-state index < -0.39 is 12.1 Å². The number of carbonyl (C=O) groups is 3. The number of benzene rings is 2. The summed E-state index contributed by atoms with van der Waals surface area (Å²) in [6.07, 6.45) is 0. The minimum absolute atomic E-state index is 0.120. The summed E-state index contributed by atoms with van der Waals surface area (Å²) in [7, 11) is 0. The van der Waals surface area contributed by atoms with Crippen molar-refractivity contribution in [3.05, 3.63) is 71.3 Å². The van der Waals surface area contributed by atoms with Gasteiger partial charge in [0.25, 0.3) is 5.91 Å². The summed E-state index contributed by atoms with van der Waals surface area (Å²) in [6, 6.07) is 15.7. The Hall–Kier alpha value is -2.80. The predicted octanol–water partition coefficient (Wildman–Crippen LogP) is 2.64. The van der Waals surface area contributed by atoms with Crippen molar-refractivity contribution in [1.29, 1.82) is 0 Å². The van der Waals surface area contributed by atoms with Crippen molar-refractivity contribution in [2.75, 3.05) is 5.75 Å². The topological polar surface area (TPSA) is 78.5 Å². The monoisotopic (exact) mass is 409 g/mol. The molecule has 4 atom stereocenters. The number of amides is 3. The third kappa shape index (κ3) is 3.62. The first-order chi connectivity index (χ1) is 14.0. The van der Waals surface area contributed by atoms with Crippen molar-refractivity contribution in [2.45, 2.75) is 37.3 Å². The lowest BCUT2D eigenvalue weighted by Crippen LogP contribution is -2.52. The molecular weight excluding hydrogens is 386 g/mol. The molecule has 2 aliphatic rings. The lowest BCUT2D eigenvalue weighted by atomic mass is 10.1. The largest absolute Gasteiger partial charge is 0.348 e. The average Bonchev–Trinajstić information content (AvgIpc) is 3.29. The van der Waals surface area contributed by atoms with Crippen molar-refractivity contribution >= 4 is 29.5 Å². The molecular formula is C22H23N3O3S. The van der Waals surface area contributed by atoms with Crippen molar-refractivity contribution in [1.82, 2.24) is 15.5 Å². The Balaban J connectivity index is 1.38. The van der Waals surface area contributed by atoms with Gasteiger partial charge in [0.2, 0.25) is 11.8 Å². The zero-order valence-electron chi connectivity index (χ0n) is 16.3. The first-order valence-electron chi connectivity index (χ1n) is 9.66. The van der Waals surface area contributed by atoms with E-state index in [2.05, 4.69) is 10.6 Å². The molecule has 0 bridgehead atoms. The molecule has 0 aromatic heterocycles. The van der Waals surface area contributed by atoms with Gasteiger partial charge in [-0.1, -0.05) is 48.5 Å². The number of rotatable bonds is 5. The van der Waals surface area contributed by atoms with Gasteiger partial charge in [-0.25, -0.2) is 0 Å². The van der Waals surface area contributed by atoms with Gasteiger partial charge in [-0.2, -0.15) is 0 Å². The zero-order chi connectivity index (χ0) is 20.5. The van der Waals surface area contributed by atoms with Crippen molar-refractivity contribution in [3.63, 3.8) is 0 Å². The summed E-state index contributed by atoms with van der Waals surface area (Å²) in [4.78, 5) is 39.8. The highest BCUT2D eigenvalue weighted by Crippen LogP contribution is 2.48. The van der Waals surface area contributed by atoms with E-state index in [0.717, 1.165) is 11.1 Å². The fraction of sp³-hybridized carbons (Fsp3) is 0.318. The van der Waals surface area contributed by atoms with Crippen LogP contribution in [0.2, 0.25) is 0 Å². The van der Waals surface area contributed by atoms with Crippen LogP contribution in [0.4, 0.5) is 0 Å². The van der Waals surface area contributed by atoms with Gasteiger partial charge in [-0.3, -0.25) is 14.4 Å².